The minimum absolute atomic E-state index is 0.698. The van der Waals surface area contributed by atoms with E-state index in [9.17, 15) is 0 Å². The number of hydrogen-bond acceptors (Lipinski definition) is 3. The van der Waals surface area contributed by atoms with Crippen LogP contribution in [0.15, 0.2) is 24.4 Å². The maximum atomic E-state index is 4.34. The molecule has 0 aromatic carbocycles. The highest BCUT2D eigenvalue weighted by Gasteiger charge is 2.06. The molecule has 1 aromatic rings. The number of nitrogens with zero attached hydrogens (tertiary/aromatic N) is 2. The van der Waals surface area contributed by atoms with Gasteiger partial charge in [0.25, 0.3) is 0 Å². The average molecular weight is 235 g/mol. The third-order valence-electron chi connectivity index (χ3n) is 2.84. The van der Waals surface area contributed by atoms with Crippen molar-refractivity contribution >= 4 is 0 Å². The molecule has 1 aromatic heterocycles. The molecule has 1 N–H and O–H groups in total. The first-order valence-electron chi connectivity index (χ1n) is 6.51. The molecule has 17 heavy (non-hydrogen) atoms. The molecular formula is C14H25N3. The summed E-state index contributed by atoms with van der Waals surface area (Å²) < 4.78 is 0. The third-order valence-corrected chi connectivity index (χ3v) is 2.84. The minimum Gasteiger partial charge on any atom is -0.317 e. The van der Waals surface area contributed by atoms with Gasteiger partial charge in [0.2, 0.25) is 0 Å². The second kappa shape index (κ2) is 8.20. The second-order valence-electron chi connectivity index (χ2n) is 4.75. The zero-order valence-corrected chi connectivity index (χ0v) is 11.3. The van der Waals surface area contributed by atoms with Gasteiger partial charge < -0.3 is 10.2 Å². The van der Waals surface area contributed by atoms with E-state index in [2.05, 4.69) is 48.2 Å². The van der Waals surface area contributed by atoms with Crippen molar-refractivity contribution in [3.63, 3.8) is 0 Å². The van der Waals surface area contributed by atoms with Crippen molar-refractivity contribution in [1.29, 1.82) is 0 Å². The lowest BCUT2D eigenvalue weighted by Crippen LogP contribution is -2.32. The van der Waals surface area contributed by atoms with E-state index < -0.39 is 0 Å². The lowest BCUT2D eigenvalue weighted by atomic mass is 10.1. The van der Waals surface area contributed by atoms with E-state index in [-0.39, 0.29) is 0 Å². The Bertz CT molecular complexity index is 287. The lowest BCUT2D eigenvalue weighted by Gasteiger charge is -2.21. The van der Waals surface area contributed by atoms with Crippen molar-refractivity contribution in [3.8, 4) is 0 Å². The van der Waals surface area contributed by atoms with Crippen LogP contribution >= 0.6 is 0 Å². The molecule has 96 valence electrons. The molecule has 3 nitrogen and oxygen atoms in total. The predicted molar refractivity (Wildman–Crippen MR) is 73.1 cm³/mol. The fourth-order valence-electron chi connectivity index (χ4n) is 1.93. The summed E-state index contributed by atoms with van der Waals surface area (Å²) in [6.07, 6.45) is 2.90. The van der Waals surface area contributed by atoms with Gasteiger partial charge in [-0.1, -0.05) is 19.9 Å². The van der Waals surface area contributed by atoms with Crippen LogP contribution in [0.5, 0.6) is 0 Å². The lowest BCUT2D eigenvalue weighted by molar-refractivity contribution is 0.284. The maximum absolute atomic E-state index is 4.34. The molecule has 0 aliphatic rings. The van der Waals surface area contributed by atoms with Crippen LogP contribution in [-0.2, 0) is 6.42 Å². The van der Waals surface area contributed by atoms with Gasteiger partial charge in [0.15, 0.2) is 0 Å². The Morgan fingerprint density at radius 1 is 1.41 bits per heavy atom. The Labute approximate surface area is 105 Å². The summed E-state index contributed by atoms with van der Waals surface area (Å²) in [6, 6.07) is 6.11. The van der Waals surface area contributed by atoms with Crippen LogP contribution in [0, 0.1) is 5.92 Å². The van der Waals surface area contributed by atoms with Gasteiger partial charge in [-0.15, -0.1) is 0 Å². The van der Waals surface area contributed by atoms with E-state index >= 15 is 0 Å². The summed E-state index contributed by atoms with van der Waals surface area (Å²) in [5, 5.41) is 3.39. The Kier molecular flexibility index (Phi) is 6.82. The normalized spacial score (nSPS) is 12.9. The van der Waals surface area contributed by atoms with Gasteiger partial charge in [0.1, 0.15) is 0 Å². The van der Waals surface area contributed by atoms with Crippen LogP contribution < -0.4 is 5.32 Å². The van der Waals surface area contributed by atoms with Gasteiger partial charge in [0.05, 0.1) is 0 Å². The van der Waals surface area contributed by atoms with Gasteiger partial charge in [-0.2, -0.15) is 0 Å². The Morgan fingerprint density at radius 2 is 2.24 bits per heavy atom. The van der Waals surface area contributed by atoms with Crippen LogP contribution in [0.2, 0.25) is 0 Å². The van der Waals surface area contributed by atoms with E-state index in [0.717, 1.165) is 32.6 Å². The molecule has 0 fully saturated rings. The quantitative estimate of drug-likeness (QED) is 0.745. The van der Waals surface area contributed by atoms with E-state index in [4.69, 9.17) is 0 Å². The Morgan fingerprint density at radius 3 is 2.88 bits per heavy atom. The maximum Gasteiger partial charge on any atom is 0.0416 e. The molecular weight excluding hydrogens is 210 g/mol. The molecule has 0 aliphatic carbocycles. The van der Waals surface area contributed by atoms with Gasteiger partial charge in [-0.05, 0) is 38.2 Å². The van der Waals surface area contributed by atoms with Crippen LogP contribution in [-0.4, -0.2) is 43.1 Å². The highest BCUT2D eigenvalue weighted by atomic mass is 15.1. The SMILES string of the molecule is CCNCC(C)CN(C)CCc1ccccn1. The molecule has 1 atom stereocenters. The Balaban J connectivity index is 2.19. The predicted octanol–water partition coefficient (Wildman–Crippen LogP) is 1.80. The highest BCUT2D eigenvalue weighted by Crippen LogP contribution is 2.00. The van der Waals surface area contributed by atoms with E-state index in [0.29, 0.717) is 5.92 Å². The first-order chi connectivity index (χ1) is 8.22. The number of nitrogens with one attached hydrogen (secondary N) is 1. The summed E-state index contributed by atoms with van der Waals surface area (Å²) in [6.45, 7) is 8.82. The fourth-order valence-corrected chi connectivity index (χ4v) is 1.93. The van der Waals surface area contributed by atoms with Crippen molar-refractivity contribution in [2.24, 2.45) is 5.92 Å². The van der Waals surface area contributed by atoms with E-state index in [1.807, 2.05) is 12.3 Å². The molecule has 0 radical (unpaired) electrons. The molecule has 0 aliphatic heterocycles. The summed E-state index contributed by atoms with van der Waals surface area (Å²) in [7, 11) is 2.19. The largest absolute Gasteiger partial charge is 0.317 e. The molecule has 0 saturated heterocycles. The Hall–Kier alpha value is -0.930. The number of pyridine rings is 1. The van der Waals surface area contributed by atoms with Gasteiger partial charge >= 0.3 is 0 Å². The van der Waals surface area contributed by atoms with Gasteiger partial charge in [-0.25, -0.2) is 0 Å². The van der Waals surface area contributed by atoms with Crippen molar-refractivity contribution in [2.45, 2.75) is 20.3 Å². The first kappa shape index (κ1) is 14.1. The number of aromatic nitrogens is 1. The van der Waals surface area contributed by atoms with Crippen molar-refractivity contribution in [2.75, 3.05) is 33.2 Å². The van der Waals surface area contributed by atoms with Crippen molar-refractivity contribution in [1.82, 2.24) is 15.2 Å². The average Bonchev–Trinajstić information content (AvgIpc) is 2.35. The topological polar surface area (TPSA) is 28.2 Å². The van der Waals surface area contributed by atoms with Crippen LogP contribution in [0.3, 0.4) is 0 Å². The zero-order valence-electron chi connectivity index (χ0n) is 11.3. The van der Waals surface area contributed by atoms with Crippen LogP contribution in [0.1, 0.15) is 19.5 Å². The fraction of sp³-hybridized carbons (Fsp3) is 0.643. The van der Waals surface area contributed by atoms with Crippen molar-refractivity contribution in [3.05, 3.63) is 30.1 Å². The molecule has 0 amide bonds. The minimum atomic E-state index is 0.698. The molecule has 1 heterocycles. The summed E-state index contributed by atoms with van der Waals surface area (Å²) >= 11 is 0. The number of hydrogen-bond donors (Lipinski definition) is 1. The van der Waals surface area contributed by atoms with Gasteiger partial charge in [-0.3, -0.25) is 4.98 Å². The zero-order chi connectivity index (χ0) is 12.5. The number of rotatable bonds is 8. The standard InChI is InChI=1S/C14H25N3/c1-4-15-11-13(2)12-17(3)10-8-14-7-5-6-9-16-14/h5-7,9,13,15H,4,8,10-12H2,1-3H3. The molecule has 0 bridgehead atoms. The molecule has 0 spiro atoms. The monoisotopic (exact) mass is 235 g/mol. The van der Waals surface area contributed by atoms with E-state index in [1.165, 1.54) is 5.69 Å². The molecule has 1 rings (SSSR count). The molecule has 1 unspecified atom stereocenters. The van der Waals surface area contributed by atoms with E-state index in [1.54, 1.807) is 0 Å². The summed E-state index contributed by atoms with van der Waals surface area (Å²) in [5.74, 6) is 0.698. The summed E-state index contributed by atoms with van der Waals surface area (Å²) in [4.78, 5) is 6.73. The molecule has 0 saturated carbocycles. The van der Waals surface area contributed by atoms with Gasteiger partial charge in [0, 0.05) is 31.4 Å². The molecule has 3 heteroatoms. The second-order valence-corrected chi connectivity index (χ2v) is 4.75. The third kappa shape index (κ3) is 6.39. The smallest absolute Gasteiger partial charge is 0.0416 e. The first-order valence-corrected chi connectivity index (χ1v) is 6.51. The highest BCUT2D eigenvalue weighted by molar-refractivity contribution is 5.03. The van der Waals surface area contributed by atoms with Crippen molar-refractivity contribution < 1.29 is 0 Å². The number of likely N-dealkylation sites (N-methyl/N-ethyl adjacent to an activating group) is 1. The summed E-state index contributed by atoms with van der Waals surface area (Å²) in [5.41, 5.74) is 1.18. The van der Waals surface area contributed by atoms with Crippen LogP contribution in [0.25, 0.3) is 0 Å². The van der Waals surface area contributed by atoms with Crippen LogP contribution in [0.4, 0.5) is 0 Å².